The fraction of sp³-hybridized carbons (Fsp3) is 0.167. The molecule has 0 bridgehead atoms. The topological polar surface area (TPSA) is 0 Å². The third-order valence-corrected chi connectivity index (χ3v) is 16.8. The normalized spacial score (nSPS) is 24.1. The summed E-state index contributed by atoms with van der Waals surface area (Å²) < 4.78 is 1.43. The molecule has 50 heavy (non-hydrogen) atoms. The fourth-order valence-corrected chi connectivity index (χ4v) is 15.4. The predicted octanol–water partition coefficient (Wildman–Crippen LogP) is 10.5. The Morgan fingerprint density at radius 1 is 0.660 bits per heavy atom. The summed E-state index contributed by atoms with van der Waals surface area (Å²) in [6.45, 7) is 2.52. The van der Waals surface area contributed by atoms with Gasteiger partial charge in [-0.25, -0.2) is 0 Å². The molecule has 6 atom stereocenters. The summed E-state index contributed by atoms with van der Waals surface area (Å²) in [4.78, 5) is 1.60. The van der Waals surface area contributed by atoms with Crippen LogP contribution in [0.5, 0.6) is 0 Å². The van der Waals surface area contributed by atoms with Gasteiger partial charge in [0.05, 0.1) is 5.41 Å². The molecule has 1 spiro atoms. The van der Waals surface area contributed by atoms with Gasteiger partial charge in [0.15, 0.2) is 0 Å². The Bertz CT molecular complexity index is 2610. The van der Waals surface area contributed by atoms with Crippen molar-refractivity contribution >= 4 is 57.6 Å². The zero-order valence-electron chi connectivity index (χ0n) is 28.0. The Morgan fingerprint density at radius 2 is 1.34 bits per heavy atom. The van der Waals surface area contributed by atoms with E-state index in [9.17, 15) is 0 Å². The van der Waals surface area contributed by atoms with Gasteiger partial charge in [-0.15, -0.1) is 11.3 Å². The standard InChI is InChI=1S/C48H37PS/c1-30-22-27-42(49(35-25-23-31-12-2-4-14-33(31)28-35)36-26-24-32-13-3-5-15-34(32)29-36)45-44-39-18-8-11-21-43(39)50-47(44)48(46(30)45)40-19-9-6-16-37(40)38-17-7-10-20-41(38)48/h2-25,27-30,36,42,45-46H,26H2,1H3/t30-,36?,42?,45?,46?,49?/m1/s1. The van der Waals surface area contributed by atoms with Gasteiger partial charge in [0, 0.05) is 26.8 Å². The van der Waals surface area contributed by atoms with Crippen LogP contribution in [0.15, 0.2) is 152 Å². The molecule has 0 nitrogen and oxygen atoms in total. The van der Waals surface area contributed by atoms with Gasteiger partial charge in [-0.05, 0) is 90.1 Å². The number of benzene rings is 6. The van der Waals surface area contributed by atoms with Gasteiger partial charge in [0.1, 0.15) is 0 Å². The lowest BCUT2D eigenvalue weighted by Crippen LogP contribution is -2.42. The summed E-state index contributed by atoms with van der Waals surface area (Å²) in [6.07, 6.45) is 11.6. The average Bonchev–Trinajstić information content (AvgIpc) is 3.80. The second-order valence-electron chi connectivity index (χ2n) is 14.8. The maximum atomic E-state index is 2.70. The summed E-state index contributed by atoms with van der Waals surface area (Å²) in [5.41, 5.74) is 8.22. The maximum Gasteiger partial charge on any atom is 0.0600 e. The second-order valence-corrected chi connectivity index (χ2v) is 18.4. The van der Waals surface area contributed by atoms with Crippen molar-refractivity contribution in [2.24, 2.45) is 11.8 Å². The Kier molecular flexibility index (Phi) is 6.41. The van der Waals surface area contributed by atoms with Crippen LogP contribution in [0.4, 0.5) is 0 Å². The van der Waals surface area contributed by atoms with E-state index in [1.54, 1.807) is 10.4 Å². The van der Waals surface area contributed by atoms with E-state index in [1.165, 1.54) is 58.9 Å². The third kappa shape index (κ3) is 3.91. The van der Waals surface area contributed by atoms with Crippen LogP contribution in [0.2, 0.25) is 0 Å². The Labute approximate surface area is 298 Å². The molecule has 2 heteroatoms. The summed E-state index contributed by atoms with van der Waals surface area (Å²) in [6, 6.07) is 53.5. The minimum absolute atomic E-state index is 0.168. The monoisotopic (exact) mass is 676 g/mol. The van der Waals surface area contributed by atoms with E-state index >= 15 is 0 Å². The highest BCUT2D eigenvalue weighted by Crippen LogP contribution is 2.73. The summed E-state index contributed by atoms with van der Waals surface area (Å²) >= 11 is 2.08. The van der Waals surface area contributed by atoms with Crippen molar-refractivity contribution in [2.75, 3.05) is 0 Å². The van der Waals surface area contributed by atoms with E-state index in [1.807, 2.05) is 0 Å². The van der Waals surface area contributed by atoms with Gasteiger partial charge >= 0.3 is 0 Å². The highest BCUT2D eigenvalue weighted by atomic mass is 32.1. The largest absolute Gasteiger partial charge is 0.139 e. The first-order valence-corrected chi connectivity index (χ1v) is 20.5. The van der Waals surface area contributed by atoms with E-state index in [0.717, 1.165) is 6.42 Å². The van der Waals surface area contributed by atoms with Gasteiger partial charge in [-0.3, -0.25) is 0 Å². The molecule has 0 N–H and O–H groups in total. The van der Waals surface area contributed by atoms with Crippen LogP contribution >= 0.6 is 19.3 Å². The van der Waals surface area contributed by atoms with Crippen LogP contribution in [0, 0.1) is 11.8 Å². The summed E-state index contributed by atoms with van der Waals surface area (Å²) in [5.74, 6) is 1.27. The Morgan fingerprint density at radius 3 is 2.16 bits per heavy atom. The number of rotatable bonds is 3. The number of hydrogen-bond acceptors (Lipinski definition) is 1. The Hall–Kier alpha value is -4.55. The second kappa shape index (κ2) is 11.0. The first-order chi connectivity index (χ1) is 24.7. The van der Waals surface area contributed by atoms with Crippen LogP contribution in [0.1, 0.15) is 40.8 Å². The number of hydrogen-bond donors (Lipinski definition) is 0. The van der Waals surface area contributed by atoms with E-state index in [-0.39, 0.29) is 5.41 Å². The molecule has 0 saturated carbocycles. The van der Waals surface area contributed by atoms with E-state index < -0.39 is 7.92 Å². The van der Waals surface area contributed by atoms with Crippen LogP contribution in [0.25, 0.3) is 44.1 Å². The van der Waals surface area contributed by atoms with E-state index in [2.05, 4.69) is 182 Å². The van der Waals surface area contributed by atoms with Crippen molar-refractivity contribution in [1.29, 1.82) is 0 Å². The zero-order valence-corrected chi connectivity index (χ0v) is 29.7. The zero-order chi connectivity index (χ0) is 33.0. The highest BCUT2D eigenvalue weighted by molar-refractivity contribution is 7.67. The average molecular weight is 677 g/mol. The first kappa shape index (κ1) is 29.2. The molecule has 240 valence electrons. The van der Waals surface area contributed by atoms with E-state index in [0.29, 0.717) is 29.1 Å². The number of thiophene rings is 1. The van der Waals surface area contributed by atoms with E-state index in [4.69, 9.17) is 0 Å². The SMILES string of the molecule is C[C@@H]1C=CC(P(c2ccc3ccccc3c2)C2C=c3ccccc3=CC2)C2c3c(sc4ccccc34)C3(c4ccccc4-c4ccccc43)C21. The van der Waals surface area contributed by atoms with Gasteiger partial charge in [-0.2, -0.15) is 0 Å². The molecule has 1 heterocycles. The number of fused-ring (bicyclic) bond motifs is 14. The quantitative estimate of drug-likeness (QED) is 0.129. The molecule has 1 aromatic heterocycles. The van der Waals surface area contributed by atoms with Gasteiger partial charge < -0.3 is 0 Å². The molecule has 11 rings (SSSR count). The van der Waals surface area contributed by atoms with Gasteiger partial charge in [-0.1, -0.05) is 167 Å². The molecule has 4 aliphatic rings. The minimum atomic E-state index is -0.636. The van der Waals surface area contributed by atoms with Gasteiger partial charge in [0.2, 0.25) is 0 Å². The maximum absolute atomic E-state index is 2.70. The van der Waals surface area contributed by atoms with Crippen LogP contribution in [0.3, 0.4) is 0 Å². The molecule has 6 aromatic carbocycles. The summed E-state index contributed by atoms with van der Waals surface area (Å²) in [7, 11) is -0.636. The first-order valence-electron chi connectivity index (χ1n) is 18.2. The molecule has 0 amide bonds. The van der Waals surface area contributed by atoms with Crippen LogP contribution in [-0.2, 0) is 5.41 Å². The molecule has 0 fully saturated rings. The molecule has 5 unspecified atom stereocenters. The minimum Gasteiger partial charge on any atom is -0.139 e. The lowest BCUT2D eigenvalue weighted by atomic mass is 9.62. The van der Waals surface area contributed by atoms with Crippen LogP contribution in [-0.4, -0.2) is 11.3 Å². The molecule has 7 aromatic rings. The summed E-state index contributed by atoms with van der Waals surface area (Å²) in [5, 5.41) is 8.46. The van der Waals surface area contributed by atoms with Crippen molar-refractivity contribution in [3.63, 3.8) is 0 Å². The van der Waals surface area contributed by atoms with Crippen molar-refractivity contribution in [3.8, 4) is 11.1 Å². The highest BCUT2D eigenvalue weighted by Gasteiger charge is 2.63. The fourth-order valence-electron chi connectivity index (χ4n) is 10.5. The van der Waals surface area contributed by atoms with Gasteiger partial charge in [0.25, 0.3) is 0 Å². The van der Waals surface area contributed by atoms with Crippen molar-refractivity contribution in [1.82, 2.24) is 0 Å². The lowest BCUT2D eigenvalue weighted by molar-refractivity contribution is 0.278. The molecule has 0 saturated heterocycles. The molecular weight excluding hydrogens is 640 g/mol. The molecular formula is C48H37PS. The third-order valence-electron chi connectivity index (χ3n) is 12.4. The van der Waals surface area contributed by atoms with Crippen molar-refractivity contribution in [3.05, 3.63) is 184 Å². The smallest absolute Gasteiger partial charge is 0.0600 e. The Balaban J connectivity index is 1.20. The van der Waals surface area contributed by atoms with Crippen molar-refractivity contribution in [2.45, 2.75) is 36.0 Å². The van der Waals surface area contributed by atoms with Crippen molar-refractivity contribution < 1.29 is 0 Å². The molecule has 0 aliphatic heterocycles. The number of allylic oxidation sites excluding steroid dienone is 2. The lowest BCUT2D eigenvalue weighted by Gasteiger charge is -2.47. The molecule has 0 radical (unpaired) electrons. The predicted molar refractivity (Wildman–Crippen MR) is 215 cm³/mol. The molecule has 4 aliphatic carbocycles. The van der Waals surface area contributed by atoms with Crippen LogP contribution < -0.4 is 15.7 Å².